The maximum atomic E-state index is 15.1. The zero-order chi connectivity index (χ0) is 47.3. The van der Waals surface area contributed by atoms with Crippen molar-refractivity contribution in [1.82, 2.24) is 40.3 Å². The fraction of sp³-hybridized carbons (Fsp3) is 0.543. The van der Waals surface area contributed by atoms with Crippen LogP contribution in [0.2, 0.25) is 5.02 Å². The highest BCUT2D eigenvalue weighted by atomic mass is 35.5. The average Bonchev–Trinajstić information content (AvgIpc) is 3.72. The van der Waals surface area contributed by atoms with Crippen LogP contribution in [0.4, 0.5) is 21.8 Å². The van der Waals surface area contributed by atoms with Gasteiger partial charge in [0, 0.05) is 73.8 Å². The van der Waals surface area contributed by atoms with E-state index in [-0.39, 0.29) is 50.1 Å². The maximum Gasteiger partial charge on any atom is 0.258 e. The van der Waals surface area contributed by atoms with Crippen molar-refractivity contribution >= 4 is 75.8 Å². The van der Waals surface area contributed by atoms with Crippen molar-refractivity contribution in [3.05, 3.63) is 74.9 Å². The smallest absolute Gasteiger partial charge is 0.258 e. The fourth-order valence-electron chi connectivity index (χ4n) is 8.60. The lowest BCUT2D eigenvalue weighted by atomic mass is 9.85. The van der Waals surface area contributed by atoms with Crippen LogP contribution in [0.15, 0.2) is 53.7 Å². The summed E-state index contributed by atoms with van der Waals surface area (Å²) in [4.78, 5) is 74.6. The molecule has 20 heteroatoms. The van der Waals surface area contributed by atoms with Gasteiger partial charge in [0.25, 0.3) is 11.8 Å². The number of methoxy groups -OCH3 is 1. The summed E-state index contributed by atoms with van der Waals surface area (Å²) in [5.74, 6) is 0.398. The minimum Gasteiger partial charge on any atom is -0.495 e. The van der Waals surface area contributed by atoms with E-state index in [2.05, 4.69) is 60.2 Å². The summed E-state index contributed by atoms with van der Waals surface area (Å²) in [5, 5.41) is 22.9. The number of nitrogens with zero attached hydrogens (tertiary/aromatic N) is 6. The third-order valence-electron chi connectivity index (χ3n) is 12.7. The second-order valence-corrected chi connectivity index (χ2v) is 20.9. The van der Waals surface area contributed by atoms with Crippen LogP contribution in [0.5, 0.6) is 5.75 Å². The van der Waals surface area contributed by atoms with E-state index in [0.717, 1.165) is 24.2 Å². The summed E-state index contributed by atoms with van der Waals surface area (Å²) in [6.45, 7) is 11.2. The molecular formula is C46H60ClFN10O6S2. The van der Waals surface area contributed by atoms with Crippen LogP contribution in [0, 0.1) is 12.8 Å². The molecule has 16 nitrogen and oxygen atoms in total. The van der Waals surface area contributed by atoms with Crippen molar-refractivity contribution in [1.29, 1.82) is 0 Å². The molecule has 0 radical (unpaired) electrons. The molecular weight excluding hydrogens is 907 g/mol. The van der Waals surface area contributed by atoms with Gasteiger partial charge in [-0.05, 0) is 82.0 Å². The van der Waals surface area contributed by atoms with Gasteiger partial charge in [-0.25, -0.2) is 14.4 Å². The van der Waals surface area contributed by atoms with Gasteiger partial charge in [-0.1, -0.05) is 36.8 Å². The number of ether oxygens (including phenoxy) is 1. The van der Waals surface area contributed by atoms with Crippen LogP contribution in [0.1, 0.15) is 73.3 Å². The SMILES string of the molecule is CNc1nc(Nc2ccc(C(=O)N3CCN(CCCSC(C)(C)[C@H](NC(=O)C4(F)CC4)C(=O)N4C[C@H](O)CC4C(=O)NCC4=CC(C)C(c5scnc5C)C=C4)CC3)cc2OC)ncc1Cl. The molecule has 2 aliphatic carbocycles. The molecule has 3 fully saturated rings. The van der Waals surface area contributed by atoms with Crippen molar-refractivity contribution in [2.24, 2.45) is 5.92 Å². The number of carbonyl (C=O) groups is 4. The van der Waals surface area contributed by atoms with Gasteiger partial charge in [-0.2, -0.15) is 16.7 Å². The number of β-amino-alcohol motifs (C(OH)–C–C–N with tert-alkyl or cyclic N) is 1. The standard InChI is InChI=1S/C46H60ClFN10O6S2/c1-27-20-29(8-10-32(27)37-28(2)52-26-65-37)23-50-40(60)35-22-31(59)25-58(35)42(62)38(54-43(63)46(48)12-13-46)45(3,4)66-19-7-14-56-15-17-57(18-16-56)41(61)30-9-11-34(36(21-30)64-6)53-44-51-24-33(47)39(49-5)55-44/h8-11,20-21,24,26-27,31-32,35,38,59H,7,12-19,22-23,25H2,1-6H3,(H,50,60)(H,54,63)(H2,49,51,53,55)/t27?,31-,32?,35?,38-/m1/s1. The molecule has 2 saturated heterocycles. The number of aromatic nitrogens is 3. The largest absolute Gasteiger partial charge is 0.495 e. The van der Waals surface area contributed by atoms with Gasteiger partial charge in [-0.15, -0.1) is 11.3 Å². The summed E-state index contributed by atoms with van der Waals surface area (Å²) in [6, 6.07) is 3.07. The number of aryl methyl sites for hydroxylation is 1. The Labute approximate surface area is 398 Å². The van der Waals surface area contributed by atoms with Crippen LogP contribution in [0.25, 0.3) is 0 Å². The van der Waals surface area contributed by atoms with Gasteiger partial charge in [0.15, 0.2) is 5.67 Å². The highest BCUT2D eigenvalue weighted by Gasteiger charge is 2.54. The van der Waals surface area contributed by atoms with Crippen LogP contribution in [-0.2, 0) is 14.4 Å². The van der Waals surface area contributed by atoms with Gasteiger partial charge >= 0.3 is 0 Å². The van der Waals surface area contributed by atoms with Crippen LogP contribution in [0.3, 0.4) is 0 Å². The Hall–Kier alpha value is -4.82. The number of rotatable bonds is 18. The number of hydrogen-bond donors (Lipinski definition) is 5. The highest BCUT2D eigenvalue weighted by Crippen LogP contribution is 2.41. The maximum absolute atomic E-state index is 15.1. The van der Waals surface area contributed by atoms with Crippen LogP contribution >= 0.6 is 34.7 Å². The summed E-state index contributed by atoms with van der Waals surface area (Å²) >= 11 is 9.25. The molecule has 1 aromatic carbocycles. The van der Waals surface area contributed by atoms with Gasteiger partial charge in [0.1, 0.15) is 28.7 Å². The first-order valence-electron chi connectivity index (χ1n) is 22.4. The average molecular weight is 968 g/mol. The van der Waals surface area contributed by atoms with E-state index >= 15 is 4.39 Å². The van der Waals surface area contributed by atoms with E-state index in [1.165, 1.54) is 34.8 Å². The van der Waals surface area contributed by atoms with E-state index in [0.29, 0.717) is 65.7 Å². The van der Waals surface area contributed by atoms with E-state index in [9.17, 15) is 24.3 Å². The van der Waals surface area contributed by atoms with Gasteiger partial charge < -0.3 is 40.9 Å². The molecule has 66 heavy (non-hydrogen) atoms. The third-order valence-corrected chi connectivity index (χ3v) is 15.5. The second kappa shape index (κ2) is 21.0. The molecule has 356 valence electrons. The normalized spacial score (nSPS) is 22.0. The molecule has 0 spiro atoms. The van der Waals surface area contributed by atoms with E-state index in [4.69, 9.17) is 16.3 Å². The molecule has 3 aromatic rings. The number of benzene rings is 1. The van der Waals surface area contributed by atoms with Gasteiger partial charge in [-0.3, -0.25) is 24.1 Å². The van der Waals surface area contributed by atoms with Crippen molar-refractivity contribution in [3.8, 4) is 5.75 Å². The zero-order valence-electron chi connectivity index (χ0n) is 38.2. The Balaban J connectivity index is 0.908. The lowest BCUT2D eigenvalue weighted by molar-refractivity contribution is -0.143. The zero-order valence-corrected chi connectivity index (χ0v) is 40.6. The Bertz CT molecular complexity index is 2340. The minimum atomic E-state index is -2.02. The minimum absolute atomic E-state index is 0.0483. The van der Waals surface area contributed by atoms with E-state index in [1.807, 2.05) is 37.3 Å². The fourth-order valence-corrected chi connectivity index (χ4v) is 10.9. The van der Waals surface area contributed by atoms with E-state index < -0.39 is 46.3 Å². The molecule has 2 aromatic heterocycles. The Morgan fingerprint density at radius 2 is 1.91 bits per heavy atom. The number of anilines is 3. The lowest BCUT2D eigenvalue weighted by Gasteiger charge is -2.38. The summed E-state index contributed by atoms with van der Waals surface area (Å²) in [7, 11) is 3.24. The predicted molar refractivity (Wildman–Crippen MR) is 256 cm³/mol. The molecule has 5 atom stereocenters. The molecule has 5 N–H and O–H groups in total. The first kappa shape index (κ1) is 49.1. The summed E-state index contributed by atoms with van der Waals surface area (Å²) < 4.78 is 19.8. The number of likely N-dealkylation sites (tertiary alicyclic amines) is 1. The number of thiazole rings is 1. The molecule has 2 aliphatic heterocycles. The van der Waals surface area contributed by atoms with Gasteiger partial charge in [0.2, 0.25) is 17.8 Å². The van der Waals surface area contributed by atoms with Crippen LogP contribution < -0.4 is 26.0 Å². The van der Waals surface area contributed by atoms with Gasteiger partial charge in [0.05, 0.1) is 36.3 Å². The number of piperazine rings is 1. The van der Waals surface area contributed by atoms with Crippen LogP contribution in [-0.4, -0.2) is 153 Å². The number of allylic oxidation sites excluding steroid dienone is 2. The molecule has 4 amide bonds. The summed E-state index contributed by atoms with van der Waals surface area (Å²) in [6.07, 6.45) is 7.80. The molecule has 4 aliphatic rings. The van der Waals surface area contributed by atoms with Crippen molar-refractivity contribution in [2.45, 2.75) is 87.9 Å². The van der Waals surface area contributed by atoms with E-state index in [1.54, 1.807) is 36.6 Å². The number of aliphatic hydroxyl groups is 1. The highest BCUT2D eigenvalue weighted by molar-refractivity contribution is 8.00. The number of aliphatic hydroxyl groups excluding tert-OH is 1. The molecule has 3 unspecified atom stereocenters. The first-order valence-corrected chi connectivity index (χ1v) is 24.6. The number of carbonyl (C=O) groups excluding carboxylic acids is 4. The Morgan fingerprint density at radius 3 is 2.58 bits per heavy atom. The monoisotopic (exact) mass is 966 g/mol. The van der Waals surface area contributed by atoms with Crippen molar-refractivity contribution in [3.63, 3.8) is 0 Å². The van der Waals surface area contributed by atoms with Crippen molar-refractivity contribution < 1.29 is 33.4 Å². The quantitative estimate of drug-likeness (QED) is 0.103. The predicted octanol–water partition coefficient (Wildman–Crippen LogP) is 5.33. The number of alkyl halides is 1. The topological polar surface area (TPSA) is 194 Å². The van der Waals surface area contributed by atoms with Crippen molar-refractivity contribution in [2.75, 3.05) is 76.4 Å². The summed E-state index contributed by atoms with van der Waals surface area (Å²) in [5.41, 5.74) is 2.87. The molecule has 4 heterocycles. The number of halogens is 2. The second-order valence-electron chi connectivity index (χ2n) is 17.9. The number of nitrogens with one attached hydrogen (secondary N) is 4. The third kappa shape index (κ3) is 11.5. The molecule has 1 saturated carbocycles. The molecule has 0 bridgehead atoms. The Morgan fingerprint density at radius 1 is 1.15 bits per heavy atom. The number of hydrogen-bond acceptors (Lipinski definition) is 14. The lowest BCUT2D eigenvalue weighted by Crippen LogP contribution is -2.61. The first-order chi connectivity index (χ1) is 31.5. The number of thioether (sulfide) groups is 1. The molecule has 7 rings (SSSR count). The number of amides is 4. The Kier molecular flexibility index (Phi) is 15.6.